The summed E-state index contributed by atoms with van der Waals surface area (Å²) in [5.74, 6) is 0.0191. The fourth-order valence-electron chi connectivity index (χ4n) is 2.12. The second kappa shape index (κ2) is 7.99. The summed E-state index contributed by atoms with van der Waals surface area (Å²) in [5.41, 5.74) is 4.32. The van der Waals surface area contributed by atoms with E-state index in [-0.39, 0.29) is 5.91 Å². The zero-order valence-electron chi connectivity index (χ0n) is 12.9. The number of hydrogen-bond donors (Lipinski definition) is 2. The highest BCUT2D eigenvalue weighted by atomic mass is 79.9. The van der Waals surface area contributed by atoms with Gasteiger partial charge in [0.05, 0.1) is 0 Å². The lowest BCUT2D eigenvalue weighted by atomic mass is 10.1. The molecule has 4 heteroatoms. The number of carbonyl (C=O) groups is 1. The Morgan fingerprint density at radius 2 is 1.77 bits per heavy atom. The summed E-state index contributed by atoms with van der Waals surface area (Å²) in [6.07, 6.45) is 1.44. The third-order valence-electron chi connectivity index (χ3n) is 3.49. The SMILES string of the molecule is CCc1ccc(NC(=O)CCNc2ccc(Br)c(C)c2)cc1. The molecular formula is C18H21BrN2O. The molecule has 116 valence electrons. The Bertz CT molecular complexity index is 638. The minimum absolute atomic E-state index is 0.0191. The molecule has 0 aliphatic carbocycles. The Hall–Kier alpha value is -1.81. The van der Waals surface area contributed by atoms with Crippen LogP contribution in [0.2, 0.25) is 0 Å². The molecule has 0 aliphatic heterocycles. The number of halogens is 1. The number of anilines is 2. The first-order valence-electron chi connectivity index (χ1n) is 7.47. The van der Waals surface area contributed by atoms with Crippen molar-refractivity contribution in [3.05, 3.63) is 58.1 Å². The second-order valence-electron chi connectivity index (χ2n) is 5.24. The van der Waals surface area contributed by atoms with Crippen molar-refractivity contribution in [2.45, 2.75) is 26.7 Å². The van der Waals surface area contributed by atoms with Crippen molar-refractivity contribution >= 4 is 33.2 Å². The van der Waals surface area contributed by atoms with Gasteiger partial charge in [0.2, 0.25) is 5.91 Å². The molecule has 2 N–H and O–H groups in total. The number of benzene rings is 2. The quantitative estimate of drug-likeness (QED) is 0.779. The molecule has 2 rings (SSSR count). The van der Waals surface area contributed by atoms with Gasteiger partial charge in [0, 0.05) is 28.8 Å². The molecule has 0 bridgehead atoms. The molecular weight excluding hydrogens is 340 g/mol. The molecule has 0 unspecified atom stereocenters. The first kappa shape index (κ1) is 16.6. The molecule has 2 aromatic carbocycles. The second-order valence-corrected chi connectivity index (χ2v) is 6.09. The summed E-state index contributed by atoms with van der Waals surface area (Å²) in [6, 6.07) is 14.0. The van der Waals surface area contributed by atoms with Crippen molar-refractivity contribution in [1.29, 1.82) is 0 Å². The Morgan fingerprint density at radius 3 is 2.41 bits per heavy atom. The summed E-state index contributed by atoms with van der Waals surface area (Å²) < 4.78 is 1.09. The first-order chi connectivity index (χ1) is 10.6. The molecule has 0 aliphatic rings. The van der Waals surface area contributed by atoms with Gasteiger partial charge in [-0.2, -0.15) is 0 Å². The van der Waals surface area contributed by atoms with Crippen molar-refractivity contribution in [1.82, 2.24) is 0 Å². The normalized spacial score (nSPS) is 10.3. The monoisotopic (exact) mass is 360 g/mol. The van der Waals surface area contributed by atoms with E-state index in [2.05, 4.69) is 39.6 Å². The van der Waals surface area contributed by atoms with Crippen LogP contribution in [-0.4, -0.2) is 12.5 Å². The summed E-state index contributed by atoms with van der Waals surface area (Å²) in [4.78, 5) is 11.9. The largest absolute Gasteiger partial charge is 0.385 e. The van der Waals surface area contributed by atoms with E-state index >= 15 is 0 Å². The first-order valence-corrected chi connectivity index (χ1v) is 8.26. The van der Waals surface area contributed by atoms with Crippen molar-refractivity contribution in [2.75, 3.05) is 17.2 Å². The highest BCUT2D eigenvalue weighted by molar-refractivity contribution is 9.10. The van der Waals surface area contributed by atoms with E-state index in [0.29, 0.717) is 13.0 Å². The van der Waals surface area contributed by atoms with E-state index in [0.717, 1.165) is 22.3 Å². The van der Waals surface area contributed by atoms with E-state index in [1.54, 1.807) is 0 Å². The Kier molecular flexibility index (Phi) is 6.01. The number of nitrogens with one attached hydrogen (secondary N) is 2. The predicted octanol–water partition coefficient (Wildman–Crippen LogP) is 4.76. The van der Waals surface area contributed by atoms with Gasteiger partial charge >= 0.3 is 0 Å². The molecule has 0 heterocycles. The van der Waals surface area contributed by atoms with Gasteiger partial charge in [-0.15, -0.1) is 0 Å². The van der Waals surface area contributed by atoms with E-state index in [1.807, 2.05) is 43.3 Å². The third kappa shape index (κ3) is 4.88. The lowest BCUT2D eigenvalue weighted by molar-refractivity contribution is -0.115. The molecule has 1 amide bonds. The molecule has 2 aromatic rings. The maximum absolute atomic E-state index is 11.9. The van der Waals surface area contributed by atoms with Crippen LogP contribution in [0.25, 0.3) is 0 Å². The standard InChI is InChI=1S/C18H21BrN2O/c1-3-14-4-6-15(7-5-14)21-18(22)10-11-20-16-8-9-17(19)13(2)12-16/h4-9,12,20H,3,10-11H2,1-2H3,(H,21,22). The van der Waals surface area contributed by atoms with Crippen LogP contribution in [0.4, 0.5) is 11.4 Å². The van der Waals surface area contributed by atoms with Gasteiger partial charge in [0.15, 0.2) is 0 Å². The lowest BCUT2D eigenvalue weighted by Crippen LogP contribution is -2.16. The molecule has 0 radical (unpaired) electrons. The van der Waals surface area contributed by atoms with Gasteiger partial charge in [0.25, 0.3) is 0 Å². The van der Waals surface area contributed by atoms with Gasteiger partial charge in [-0.25, -0.2) is 0 Å². The topological polar surface area (TPSA) is 41.1 Å². The van der Waals surface area contributed by atoms with Crippen molar-refractivity contribution in [3.63, 3.8) is 0 Å². The number of aryl methyl sites for hydroxylation is 2. The highest BCUT2D eigenvalue weighted by Gasteiger charge is 2.03. The van der Waals surface area contributed by atoms with Gasteiger partial charge in [-0.1, -0.05) is 35.0 Å². The summed E-state index contributed by atoms with van der Waals surface area (Å²) in [7, 11) is 0. The maximum atomic E-state index is 11.9. The van der Waals surface area contributed by atoms with Gasteiger partial charge in [-0.3, -0.25) is 4.79 Å². The average Bonchev–Trinajstić information content (AvgIpc) is 2.51. The van der Waals surface area contributed by atoms with Gasteiger partial charge in [-0.05, 0) is 54.8 Å². The van der Waals surface area contributed by atoms with Crippen LogP contribution in [0, 0.1) is 6.92 Å². The fraction of sp³-hybridized carbons (Fsp3) is 0.278. The third-order valence-corrected chi connectivity index (χ3v) is 4.37. The smallest absolute Gasteiger partial charge is 0.226 e. The maximum Gasteiger partial charge on any atom is 0.226 e. The minimum Gasteiger partial charge on any atom is -0.385 e. The summed E-state index contributed by atoms with van der Waals surface area (Å²) in [5, 5.41) is 6.18. The highest BCUT2D eigenvalue weighted by Crippen LogP contribution is 2.19. The predicted molar refractivity (Wildman–Crippen MR) is 96.4 cm³/mol. The van der Waals surface area contributed by atoms with Gasteiger partial charge in [0.1, 0.15) is 0 Å². The summed E-state index contributed by atoms with van der Waals surface area (Å²) >= 11 is 3.48. The zero-order chi connectivity index (χ0) is 15.9. The number of carbonyl (C=O) groups excluding carboxylic acids is 1. The van der Waals surface area contributed by atoms with Crippen LogP contribution >= 0.6 is 15.9 Å². The van der Waals surface area contributed by atoms with Gasteiger partial charge < -0.3 is 10.6 Å². The van der Waals surface area contributed by atoms with E-state index in [9.17, 15) is 4.79 Å². The molecule has 0 spiro atoms. The van der Waals surface area contributed by atoms with Crippen LogP contribution in [-0.2, 0) is 11.2 Å². The lowest BCUT2D eigenvalue weighted by Gasteiger charge is -2.09. The Morgan fingerprint density at radius 1 is 1.09 bits per heavy atom. The molecule has 0 saturated carbocycles. The van der Waals surface area contributed by atoms with Crippen molar-refractivity contribution < 1.29 is 4.79 Å². The minimum atomic E-state index is 0.0191. The van der Waals surface area contributed by atoms with Crippen LogP contribution in [0.5, 0.6) is 0 Å². The molecule has 3 nitrogen and oxygen atoms in total. The van der Waals surface area contributed by atoms with Crippen LogP contribution in [0.15, 0.2) is 46.9 Å². The molecule has 22 heavy (non-hydrogen) atoms. The van der Waals surface area contributed by atoms with Crippen LogP contribution in [0.1, 0.15) is 24.5 Å². The number of rotatable bonds is 6. The number of amides is 1. The van der Waals surface area contributed by atoms with Crippen molar-refractivity contribution in [3.8, 4) is 0 Å². The van der Waals surface area contributed by atoms with E-state index in [1.165, 1.54) is 11.1 Å². The number of hydrogen-bond acceptors (Lipinski definition) is 2. The molecule has 0 fully saturated rings. The Labute approximate surface area is 140 Å². The molecule has 0 atom stereocenters. The van der Waals surface area contributed by atoms with E-state index in [4.69, 9.17) is 0 Å². The van der Waals surface area contributed by atoms with Crippen molar-refractivity contribution in [2.24, 2.45) is 0 Å². The van der Waals surface area contributed by atoms with E-state index < -0.39 is 0 Å². The molecule has 0 aromatic heterocycles. The fourth-order valence-corrected chi connectivity index (χ4v) is 2.37. The molecule has 0 saturated heterocycles. The zero-order valence-corrected chi connectivity index (χ0v) is 14.5. The van der Waals surface area contributed by atoms with Crippen LogP contribution in [0.3, 0.4) is 0 Å². The summed E-state index contributed by atoms with van der Waals surface area (Å²) in [6.45, 7) is 4.77. The van der Waals surface area contributed by atoms with Crippen LogP contribution < -0.4 is 10.6 Å². The Balaban J connectivity index is 1.78. The average molecular weight is 361 g/mol.